The number of amides is 4. The molecule has 0 spiro atoms. The van der Waals surface area contributed by atoms with Crippen LogP contribution in [0.15, 0.2) is 79.1 Å². The van der Waals surface area contributed by atoms with Crippen LogP contribution < -0.4 is 20.7 Å². The maximum atomic E-state index is 13.3. The average Bonchev–Trinajstić information content (AvgIpc) is 3.90. The molecule has 1 unspecified atom stereocenters. The molecule has 4 atom stereocenters. The molecule has 10 rings (SSSR count). The first-order chi connectivity index (χ1) is 26.3. The van der Waals surface area contributed by atoms with Crippen LogP contribution in [0.5, 0.6) is 11.5 Å². The molecule has 3 N–H and O–H groups in total. The summed E-state index contributed by atoms with van der Waals surface area (Å²) in [4.78, 5) is 65.4. The van der Waals surface area contributed by atoms with Gasteiger partial charge in [-0.25, -0.2) is 14.6 Å². The second-order valence-corrected chi connectivity index (χ2v) is 15.0. The molecule has 14 heteroatoms. The first-order valence-electron chi connectivity index (χ1n) is 18.5. The van der Waals surface area contributed by atoms with E-state index in [9.17, 15) is 19.2 Å². The second kappa shape index (κ2) is 12.5. The van der Waals surface area contributed by atoms with Gasteiger partial charge < -0.3 is 15.4 Å². The molecular formula is C40H37N9O5. The van der Waals surface area contributed by atoms with Crippen molar-refractivity contribution in [2.75, 3.05) is 36.8 Å². The Balaban J connectivity index is 0.792. The van der Waals surface area contributed by atoms with Crippen molar-refractivity contribution in [3.05, 3.63) is 90.3 Å². The molecule has 1 saturated carbocycles. The molecule has 54 heavy (non-hydrogen) atoms. The topological polar surface area (TPSA) is 169 Å². The molecule has 1 aliphatic carbocycles. The largest absolute Gasteiger partial charge is 0.457 e. The minimum absolute atomic E-state index is 0.0931. The quantitative estimate of drug-likeness (QED) is 0.233. The number of anilines is 2. The number of nitrogen functional groups attached to an aromatic ring is 1. The van der Waals surface area contributed by atoms with Crippen molar-refractivity contribution < 1.29 is 23.9 Å². The van der Waals surface area contributed by atoms with Gasteiger partial charge in [0.05, 0.1) is 22.6 Å². The number of ether oxygens (including phenoxy) is 1. The number of benzene rings is 3. The predicted molar refractivity (Wildman–Crippen MR) is 198 cm³/mol. The van der Waals surface area contributed by atoms with Gasteiger partial charge in [0.25, 0.3) is 11.8 Å². The highest BCUT2D eigenvalue weighted by Gasteiger charge is 2.48. The van der Waals surface area contributed by atoms with Crippen molar-refractivity contribution in [2.24, 2.45) is 11.8 Å². The Morgan fingerprint density at radius 1 is 0.778 bits per heavy atom. The number of likely N-dealkylation sites (tertiary alicyclic amines) is 1. The summed E-state index contributed by atoms with van der Waals surface area (Å²) in [5.74, 6) is 1.04. The molecular weight excluding hydrogens is 686 g/mol. The van der Waals surface area contributed by atoms with Gasteiger partial charge in [-0.2, -0.15) is 5.10 Å². The summed E-state index contributed by atoms with van der Waals surface area (Å²) in [7, 11) is 0. The zero-order valence-electron chi connectivity index (χ0n) is 29.3. The van der Waals surface area contributed by atoms with Crippen LogP contribution in [0.3, 0.4) is 0 Å². The molecule has 5 aromatic rings. The van der Waals surface area contributed by atoms with Crippen molar-refractivity contribution >= 4 is 46.2 Å². The molecule has 4 fully saturated rings. The minimum Gasteiger partial charge on any atom is -0.457 e. The maximum Gasteiger partial charge on any atom is 0.262 e. The molecule has 0 bridgehead atoms. The zero-order chi connectivity index (χ0) is 36.7. The van der Waals surface area contributed by atoms with Crippen LogP contribution in [-0.4, -0.2) is 91.4 Å². The number of para-hydroxylation sites is 1. The number of piperidine rings is 1. The Hall–Kier alpha value is -6.15. The van der Waals surface area contributed by atoms with E-state index in [1.54, 1.807) is 12.1 Å². The van der Waals surface area contributed by atoms with Gasteiger partial charge in [0.2, 0.25) is 11.8 Å². The first-order valence-corrected chi connectivity index (χ1v) is 18.5. The molecule has 3 saturated heterocycles. The van der Waals surface area contributed by atoms with Crippen molar-refractivity contribution in [3.63, 3.8) is 0 Å². The van der Waals surface area contributed by atoms with Crippen LogP contribution in [0.4, 0.5) is 11.5 Å². The number of nitrogens with one attached hydrogen (secondary N) is 1. The predicted octanol–water partition coefficient (Wildman–Crippen LogP) is 4.04. The average molecular weight is 724 g/mol. The molecule has 14 nitrogen and oxygen atoms in total. The second-order valence-electron chi connectivity index (χ2n) is 15.0. The van der Waals surface area contributed by atoms with E-state index in [0.717, 1.165) is 83.4 Å². The third-order valence-electron chi connectivity index (χ3n) is 11.9. The number of nitrogens with zero attached hydrogens (tertiary/aromatic N) is 7. The fourth-order valence-corrected chi connectivity index (χ4v) is 9.11. The van der Waals surface area contributed by atoms with Gasteiger partial charge in [0.1, 0.15) is 35.4 Å². The zero-order valence-corrected chi connectivity index (χ0v) is 29.3. The van der Waals surface area contributed by atoms with E-state index >= 15 is 0 Å². The summed E-state index contributed by atoms with van der Waals surface area (Å²) in [6, 6.07) is 22.5. The van der Waals surface area contributed by atoms with E-state index in [1.165, 1.54) is 6.33 Å². The van der Waals surface area contributed by atoms with Crippen molar-refractivity contribution in [1.29, 1.82) is 0 Å². The number of hydrogen-bond acceptors (Lipinski definition) is 11. The molecule has 0 radical (unpaired) electrons. The van der Waals surface area contributed by atoms with Gasteiger partial charge in [0.15, 0.2) is 5.65 Å². The lowest BCUT2D eigenvalue weighted by molar-refractivity contribution is -0.136. The number of fused-ring (bicyclic) bond motifs is 3. The lowest BCUT2D eigenvalue weighted by atomic mass is 10.0. The normalized spacial score (nSPS) is 24.2. The van der Waals surface area contributed by atoms with E-state index in [4.69, 9.17) is 15.6 Å². The lowest BCUT2D eigenvalue weighted by Crippen LogP contribution is -2.59. The molecule has 4 amide bonds. The van der Waals surface area contributed by atoms with Gasteiger partial charge in [0, 0.05) is 49.9 Å². The highest BCUT2D eigenvalue weighted by molar-refractivity contribution is 6.23. The van der Waals surface area contributed by atoms with Crippen molar-refractivity contribution in [2.45, 2.75) is 43.8 Å². The van der Waals surface area contributed by atoms with E-state index in [1.807, 2.05) is 60.7 Å². The summed E-state index contributed by atoms with van der Waals surface area (Å²) < 4.78 is 8.08. The molecule has 4 aliphatic heterocycles. The van der Waals surface area contributed by atoms with Crippen LogP contribution >= 0.6 is 0 Å². The number of nitrogens with two attached hydrogens (primary N) is 1. The standard InChI is InChI=1S/C40H37N9O5/c41-36-34-35(22-6-9-29(10-7-22)54-28-4-2-1-3-5-28)45-49(37(34)43-21-42-36)26-14-23-17-46(18-24(23)15-26)27-19-47(20-27)25-8-11-30-31(16-25)40(53)48(39(30)52)32-12-13-33(50)44-38(32)51/h1-11,16,21,23-24,26-27,32H,12-15,17-20H2,(H2,41,42,43)(H,44,50,51)/t23-,24+,26+,32?. The minimum atomic E-state index is -0.972. The number of carbonyl (C=O) groups excluding carboxylic acids is 4. The number of rotatable bonds is 7. The Labute approximate surface area is 309 Å². The molecule has 2 aromatic heterocycles. The highest BCUT2D eigenvalue weighted by Crippen LogP contribution is 2.47. The van der Waals surface area contributed by atoms with E-state index in [0.29, 0.717) is 34.8 Å². The highest BCUT2D eigenvalue weighted by atomic mass is 16.5. The molecule has 3 aromatic carbocycles. The third kappa shape index (κ3) is 5.31. The fraction of sp³-hybridized carbons (Fsp3) is 0.325. The smallest absolute Gasteiger partial charge is 0.262 e. The molecule has 5 aliphatic rings. The summed E-state index contributed by atoms with van der Waals surface area (Å²) in [6.07, 6.45) is 3.76. The maximum absolute atomic E-state index is 13.3. The fourth-order valence-electron chi connectivity index (χ4n) is 9.11. The Morgan fingerprint density at radius 3 is 2.24 bits per heavy atom. The van der Waals surface area contributed by atoms with Gasteiger partial charge >= 0.3 is 0 Å². The van der Waals surface area contributed by atoms with Gasteiger partial charge in [-0.1, -0.05) is 18.2 Å². The summed E-state index contributed by atoms with van der Waals surface area (Å²) in [5, 5.41) is 8.15. The summed E-state index contributed by atoms with van der Waals surface area (Å²) in [6.45, 7) is 3.70. The van der Waals surface area contributed by atoms with Gasteiger partial charge in [-0.05, 0) is 85.7 Å². The van der Waals surface area contributed by atoms with Gasteiger partial charge in [-0.3, -0.25) is 34.3 Å². The first kappa shape index (κ1) is 32.5. The van der Waals surface area contributed by atoms with E-state index in [2.05, 4.69) is 29.8 Å². The van der Waals surface area contributed by atoms with Crippen LogP contribution in [0.2, 0.25) is 0 Å². The van der Waals surface area contributed by atoms with Crippen molar-refractivity contribution in [1.82, 2.24) is 34.9 Å². The Bertz CT molecular complexity index is 2340. The van der Waals surface area contributed by atoms with Crippen LogP contribution in [0, 0.1) is 11.8 Å². The number of hydrogen-bond donors (Lipinski definition) is 2. The number of carbonyl (C=O) groups is 4. The van der Waals surface area contributed by atoms with Crippen LogP contribution in [0.25, 0.3) is 22.3 Å². The Morgan fingerprint density at radius 2 is 1.50 bits per heavy atom. The molecule has 272 valence electrons. The van der Waals surface area contributed by atoms with E-state index < -0.39 is 29.7 Å². The van der Waals surface area contributed by atoms with Crippen LogP contribution in [0.1, 0.15) is 52.4 Å². The van der Waals surface area contributed by atoms with Gasteiger partial charge in [-0.15, -0.1) is 0 Å². The third-order valence-corrected chi connectivity index (χ3v) is 11.9. The number of imide groups is 2. The SMILES string of the molecule is Nc1ncnc2c1c(-c1ccc(Oc3ccccc3)cc1)nn2[C@H]1C[C@@H]2CN(C3CN(c4ccc5c(c4)C(=O)N(C4CCC(=O)NC4=O)C5=O)C3)C[C@@H]2C1. The Kier molecular flexibility index (Phi) is 7.51. The van der Waals surface area contributed by atoms with E-state index in [-0.39, 0.29) is 18.9 Å². The molecule has 6 heterocycles. The van der Waals surface area contributed by atoms with Crippen LogP contribution in [-0.2, 0) is 9.59 Å². The monoisotopic (exact) mass is 723 g/mol. The summed E-state index contributed by atoms with van der Waals surface area (Å²) in [5.41, 5.74) is 10.4. The number of aromatic nitrogens is 4. The lowest BCUT2D eigenvalue weighted by Gasteiger charge is -2.46. The summed E-state index contributed by atoms with van der Waals surface area (Å²) >= 11 is 0. The van der Waals surface area contributed by atoms with Crippen molar-refractivity contribution in [3.8, 4) is 22.8 Å².